The first-order valence-corrected chi connectivity index (χ1v) is 11.5. The van der Waals surface area contributed by atoms with Gasteiger partial charge in [0.1, 0.15) is 18.1 Å². The summed E-state index contributed by atoms with van der Waals surface area (Å²) in [6.07, 6.45) is -0.848. The van der Waals surface area contributed by atoms with Crippen LogP contribution in [0.4, 0.5) is 13.6 Å². The molecular formula is C26H28F2N2O5. The molecule has 2 N–H and O–H groups in total. The highest BCUT2D eigenvalue weighted by Gasteiger charge is 2.72. The molecule has 2 aromatic rings. The molecule has 9 heteroatoms. The molecule has 0 aromatic heterocycles. The van der Waals surface area contributed by atoms with Gasteiger partial charge < -0.3 is 20.1 Å². The molecule has 2 aliphatic rings. The van der Waals surface area contributed by atoms with Crippen LogP contribution >= 0.6 is 0 Å². The first-order valence-electron chi connectivity index (χ1n) is 11.5. The lowest BCUT2D eigenvalue weighted by molar-refractivity contribution is -0.158. The number of alkyl halides is 2. The second-order valence-corrected chi connectivity index (χ2v) is 9.41. The molecule has 0 saturated heterocycles. The van der Waals surface area contributed by atoms with E-state index in [-0.39, 0.29) is 19.1 Å². The van der Waals surface area contributed by atoms with Crippen LogP contribution in [0, 0.1) is 11.8 Å². The number of hydrogen-bond donors (Lipinski definition) is 2. The Kier molecular flexibility index (Phi) is 6.29. The fourth-order valence-electron chi connectivity index (χ4n) is 4.93. The molecule has 0 spiro atoms. The number of halogens is 2. The molecular weight excluding hydrogens is 458 g/mol. The Hall–Kier alpha value is -3.49. The predicted molar refractivity (Wildman–Crippen MR) is 124 cm³/mol. The number of carboxylic acids is 1. The zero-order valence-electron chi connectivity index (χ0n) is 19.8. The van der Waals surface area contributed by atoms with E-state index in [0.717, 1.165) is 27.2 Å². The molecule has 4 rings (SSSR count). The Bertz CT molecular complexity index is 1120. The number of ether oxygens (including phenoxy) is 1. The summed E-state index contributed by atoms with van der Waals surface area (Å²) in [5.41, 5.74) is 2.57. The van der Waals surface area contributed by atoms with Crippen molar-refractivity contribution >= 4 is 18.0 Å². The third-order valence-corrected chi connectivity index (χ3v) is 7.06. The number of carbonyl (C=O) groups excluding carboxylic acids is 2. The van der Waals surface area contributed by atoms with Gasteiger partial charge in [-0.05, 0) is 43.0 Å². The quantitative estimate of drug-likeness (QED) is 0.585. The highest BCUT2D eigenvalue weighted by atomic mass is 19.3. The van der Waals surface area contributed by atoms with Crippen molar-refractivity contribution in [3.05, 3.63) is 59.7 Å². The van der Waals surface area contributed by atoms with Gasteiger partial charge in [-0.2, -0.15) is 0 Å². The Morgan fingerprint density at radius 2 is 1.60 bits per heavy atom. The number of benzene rings is 2. The number of aliphatic carboxylic acids is 1. The number of nitrogens with zero attached hydrogens (tertiary/aromatic N) is 1. The van der Waals surface area contributed by atoms with E-state index in [1.165, 1.54) is 20.8 Å². The molecule has 0 heterocycles. The summed E-state index contributed by atoms with van der Waals surface area (Å²) in [4.78, 5) is 37.5. The largest absolute Gasteiger partial charge is 0.480 e. The van der Waals surface area contributed by atoms with E-state index in [0.29, 0.717) is 0 Å². The van der Waals surface area contributed by atoms with Gasteiger partial charge in [0.2, 0.25) is 5.91 Å². The van der Waals surface area contributed by atoms with Crippen molar-refractivity contribution in [3.63, 3.8) is 0 Å². The molecule has 0 bridgehead atoms. The summed E-state index contributed by atoms with van der Waals surface area (Å²) in [7, 11) is 0. The molecule has 0 unspecified atom stereocenters. The van der Waals surface area contributed by atoms with Crippen LogP contribution in [0.15, 0.2) is 48.5 Å². The van der Waals surface area contributed by atoms with Crippen LogP contribution in [0.5, 0.6) is 0 Å². The van der Waals surface area contributed by atoms with E-state index in [1.807, 2.05) is 48.5 Å². The molecule has 7 nitrogen and oxygen atoms in total. The highest BCUT2D eigenvalue weighted by Crippen LogP contribution is 2.56. The van der Waals surface area contributed by atoms with Crippen molar-refractivity contribution < 1.29 is 33.0 Å². The van der Waals surface area contributed by atoms with Crippen molar-refractivity contribution in [2.24, 2.45) is 11.8 Å². The van der Waals surface area contributed by atoms with Gasteiger partial charge in [0, 0.05) is 19.0 Å². The second kappa shape index (κ2) is 8.94. The van der Waals surface area contributed by atoms with Gasteiger partial charge in [-0.3, -0.25) is 4.79 Å². The smallest absolute Gasteiger partial charge is 0.407 e. The van der Waals surface area contributed by atoms with Gasteiger partial charge in [-0.1, -0.05) is 48.5 Å². The molecule has 0 radical (unpaired) electrons. The summed E-state index contributed by atoms with van der Waals surface area (Å²) in [5.74, 6) is -8.84. The van der Waals surface area contributed by atoms with E-state index in [1.54, 1.807) is 0 Å². The first-order chi connectivity index (χ1) is 16.5. The summed E-state index contributed by atoms with van der Waals surface area (Å²) in [5, 5.41) is 11.7. The van der Waals surface area contributed by atoms with Crippen LogP contribution in [0.25, 0.3) is 11.1 Å². The number of nitrogens with one attached hydrogen (secondary N) is 1. The Labute approximate surface area is 202 Å². The molecule has 0 aliphatic heterocycles. The SMILES string of the molecule is CCN(C(=O)[C@@H]1[C@H](CNC(=O)OCC2c3ccccc3-c3ccccc32)C1(F)F)C(C)(C)C(=O)O. The number of carbonyl (C=O) groups is 3. The molecule has 35 heavy (non-hydrogen) atoms. The van der Waals surface area contributed by atoms with Crippen LogP contribution in [0.1, 0.15) is 37.8 Å². The van der Waals surface area contributed by atoms with E-state index < -0.39 is 47.8 Å². The van der Waals surface area contributed by atoms with Crippen molar-refractivity contribution in [3.8, 4) is 11.1 Å². The lowest BCUT2D eigenvalue weighted by atomic mass is 9.98. The minimum Gasteiger partial charge on any atom is -0.480 e. The number of rotatable bonds is 8. The first kappa shape index (κ1) is 24.6. The van der Waals surface area contributed by atoms with Crippen LogP contribution in [-0.2, 0) is 14.3 Å². The normalized spacial score (nSPS) is 19.9. The number of amides is 2. The van der Waals surface area contributed by atoms with Crippen LogP contribution < -0.4 is 5.32 Å². The van der Waals surface area contributed by atoms with Crippen LogP contribution in [-0.4, -0.2) is 59.1 Å². The molecule has 2 amide bonds. The molecule has 2 aromatic carbocycles. The average Bonchev–Trinajstić information content (AvgIpc) is 3.22. The second-order valence-electron chi connectivity index (χ2n) is 9.41. The number of hydrogen-bond acceptors (Lipinski definition) is 4. The van der Waals surface area contributed by atoms with Gasteiger partial charge in [0.15, 0.2) is 0 Å². The van der Waals surface area contributed by atoms with Crippen molar-refractivity contribution in [2.45, 2.75) is 38.2 Å². The van der Waals surface area contributed by atoms with Crippen molar-refractivity contribution in [1.82, 2.24) is 10.2 Å². The predicted octanol–water partition coefficient (Wildman–Crippen LogP) is 4.12. The average molecular weight is 487 g/mol. The van der Waals surface area contributed by atoms with Crippen LogP contribution in [0.3, 0.4) is 0 Å². The fraction of sp³-hybridized carbons (Fsp3) is 0.423. The van der Waals surface area contributed by atoms with Gasteiger partial charge in [-0.15, -0.1) is 0 Å². The lowest BCUT2D eigenvalue weighted by Gasteiger charge is -2.34. The number of fused-ring (bicyclic) bond motifs is 3. The number of alkyl carbamates (subject to hydrolysis) is 1. The fourth-order valence-corrected chi connectivity index (χ4v) is 4.93. The minimum atomic E-state index is -3.34. The van der Waals surface area contributed by atoms with Crippen LogP contribution in [0.2, 0.25) is 0 Å². The lowest BCUT2D eigenvalue weighted by Crippen LogP contribution is -2.54. The third-order valence-electron chi connectivity index (χ3n) is 7.06. The van der Waals surface area contributed by atoms with Gasteiger partial charge in [0.05, 0.1) is 5.92 Å². The number of likely N-dealkylation sites (N-methyl/N-ethyl adjacent to an activating group) is 1. The minimum absolute atomic E-state index is 0.0305. The monoisotopic (exact) mass is 486 g/mol. The van der Waals surface area contributed by atoms with Crippen molar-refractivity contribution in [2.75, 3.05) is 19.7 Å². The van der Waals surface area contributed by atoms with Gasteiger partial charge >= 0.3 is 12.1 Å². The highest BCUT2D eigenvalue weighted by molar-refractivity contribution is 5.90. The molecule has 1 saturated carbocycles. The topological polar surface area (TPSA) is 95.9 Å². The maximum atomic E-state index is 14.4. The van der Waals surface area contributed by atoms with E-state index in [9.17, 15) is 28.3 Å². The standard InChI is InChI=1S/C26H28F2N2O5/c1-4-30(25(2,3)23(32)33)22(31)21-20(26(21,27)28)13-29-24(34)35-14-19-17-11-7-5-9-15(17)16-10-6-8-12-18(16)19/h5-12,19-21H,4,13-14H2,1-3H3,(H,29,34)(H,32,33)/t20-,21-/m0/s1. The zero-order chi connectivity index (χ0) is 25.5. The maximum absolute atomic E-state index is 14.4. The number of carboxylic acid groups (broad SMARTS) is 1. The van der Waals surface area contributed by atoms with E-state index in [4.69, 9.17) is 4.74 Å². The maximum Gasteiger partial charge on any atom is 0.407 e. The molecule has 186 valence electrons. The third kappa shape index (κ3) is 4.24. The summed E-state index contributed by atoms with van der Waals surface area (Å²) in [6, 6.07) is 15.7. The van der Waals surface area contributed by atoms with E-state index in [2.05, 4.69) is 5.32 Å². The Morgan fingerprint density at radius 1 is 1.06 bits per heavy atom. The molecule has 1 fully saturated rings. The summed E-state index contributed by atoms with van der Waals surface area (Å²) < 4.78 is 34.2. The molecule has 2 atom stereocenters. The van der Waals surface area contributed by atoms with Crippen molar-refractivity contribution in [1.29, 1.82) is 0 Å². The zero-order valence-corrected chi connectivity index (χ0v) is 19.8. The van der Waals surface area contributed by atoms with Gasteiger partial charge in [0.25, 0.3) is 5.92 Å². The van der Waals surface area contributed by atoms with Gasteiger partial charge in [-0.25, -0.2) is 18.4 Å². The Morgan fingerprint density at radius 3 is 2.11 bits per heavy atom. The Balaban J connectivity index is 1.36. The summed E-state index contributed by atoms with van der Waals surface area (Å²) >= 11 is 0. The van der Waals surface area contributed by atoms with E-state index >= 15 is 0 Å². The molecule has 2 aliphatic carbocycles. The summed E-state index contributed by atoms with van der Waals surface area (Å²) in [6.45, 7) is 3.68.